The van der Waals surface area contributed by atoms with Gasteiger partial charge < -0.3 is 5.32 Å². The Kier molecular flexibility index (Phi) is 3.90. The molecule has 0 aliphatic rings. The van der Waals surface area contributed by atoms with E-state index in [-0.39, 0.29) is 11.3 Å². The van der Waals surface area contributed by atoms with Gasteiger partial charge in [-0.2, -0.15) is 23.7 Å². The molecule has 0 amide bonds. The standard InChI is InChI=1S/C11H5F4N3/c12-10-2-1-8(3-9(10)11(13,14)15)18-6-7(4-16)5-17/h1-3,6,18H. The minimum Gasteiger partial charge on any atom is -0.360 e. The zero-order valence-electron chi connectivity index (χ0n) is 8.72. The third-order valence-electron chi connectivity index (χ3n) is 1.90. The second kappa shape index (κ2) is 5.19. The summed E-state index contributed by atoms with van der Waals surface area (Å²) in [6.07, 6.45) is -3.87. The topological polar surface area (TPSA) is 59.6 Å². The largest absolute Gasteiger partial charge is 0.419 e. The molecule has 0 fully saturated rings. The quantitative estimate of drug-likeness (QED) is 0.652. The number of rotatable bonds is 2. The number of allylic oxidation sites excluding steroid dienone is 1. The lowest BCUT2D eigenvalue weighted by molar-refractivity contribution is -0.139. The molecular formula is C11H5F4N3. The summed E-state index contributed by atoms with van der Waals surface area (Å²) in [6, 6.07) is 5.31. The number of nitriles is 2. The van der Waals surface area contributed by atoms with Gasteiger partial charge in [-0.15, -0.1) is 0 Å². The minimum atomic E-state index is -4.81. The van der Waals surface area contributed by atoms with Crippen molar-refractivity contribution in [3.05, 3.63) is 41.4 Å². The second-order valence-electron chi connectivity index (χ2n) is 3.12. The Bertz CT molecular complexity index is 545. The van der Waals surface area contributed by atoms with Gasteiger partial charge in [-0.05, 0) is 18.2 Å². The van der Waals surface area contributed by atoms with Gasteiger partial charge in [-0.3, -0.25) is 0 Å². The summed E-state index contributed by atoms with van der Waals surface area (Å²) in [7, 11) is 0. The van der Waals surface area contributed by atoms with Crippen LogP contribution in [0.5, 0.6) is 0 Å². The van der Waals surface area contributed by atoms with Gasteiger partial charge in [0.25, 0.3) is 0 Å². The number of benzene rings is 1. The van der Waals surface area contributed by atoms with Crippen LogP contribution in [0.4, 0.5) is 23.2 Å². The SMILES string of the molecule is N#CC(C#N)=CNc1ccc(F)c(C(F)(F)F)c1. The Morgan fingerprint density at radius 1 is 1.22 bits per heavy atom. The van der Waals surface area contributed by atoms with Gasteiger partial charge in [0, 0.05) is 11.9 Å². The summed E-state index contributed by atoms with van der Waals surface area (Å²) >= 11 is 0. The van der Waals surface area contributed by atoms with Crippen LogP contribution >= 0.6 is 0 Å². The Morgan fingerprint density at radius 3 is 2.33 bits per heavy atom. The molecule has 7 heteroatoms. The van der Waals surface area contributed by atoms with Crippen molar-refractivity contribution in [2.75, 3.05) is 5.32 Å². The third kappa shape index (κ3) is 3.22. The molecule has 0 bridgehead atoms. The highest BCUT2D eigenvalue weighted by molar-refractivity contribution is 5.51. The number of anilines is 1. The number of nitrogens with one attached hydrogen (secondary N) is 1. The van der Waals surface area contributed by atoms with Crippen LogP contribution < -0.4 is 5.32 Å². The molecule has 92 valence electrons. The molecule has 0 radical (unpaired) electrons. The van der Waals surface area contributed by atoms with Crippen LogP contribution in [0, 0.1) is 28.5 Å². The molecule has 1 aromatic carbocycles. The zero-order valence-corrected chi connectivity index (χ0v) is 8.72. The lowest BCUT2D eigenvalue weighted by atomic mass is 10.2. The molecule has 0 heterocycles. The monoisotopic (exact) mass is 255 g/mol. The van der Waals surface area contributed by atoms with E-state index in [1.165, 1.54) is 12.1 Å². The van der Waals surface area contributed by atoms with Crippen LogP contribution in [-0.2, 0) is 6.18 Å². The maximum atomic E-state index is 12.9. The van der Waals surface area contributed by atoms with Crippen molar-refractivity contribution in [2.24, 2.45) is 0 Å². The lowest BCUT2D eigenvalue weighted by Gasteiger charge is -2.09. The summed E-state index contributed by atoms with van der Waals surface area (Å²) in [6.45, 7) is 0. The zero-order chi connectivity index (χ0) is 13.8. The fourth-order valence-electron chi connectivity index (χ4n) is 1.08. The van der Waals surface area contributed by atoms with Gasteiger partial charge in [0.15, 0.2) is 0 Å². The third-order valence-corrected chi connectivity index (χ3v) is 1.90. The highest BCUT2D eigenvalue weighted by Crippen LogP contribution is 2.32. The molecule has 0 aliphatic carbocycles. The van der Waals surface area contributed by atoms with E-state index in [2.05, 4.69) is 5.32 Å². The van der Waals surface area contributed by atoms with E-state index in [1.807, 2.05) is 0 Å². The van der Waals surface area contributed by atoms with Crippen molar-refractivity contribution >= 4 is 5.69 Å². The summed E-state index contributed by atoms with van der Waals surface area (Å²) in [5.41, 5.74) is -1.81. The predicted octanol–water partition coefficient (Wildman–Crippen LogP) is 3.19. The lowest BCUT2D eigenvalue weighted by Crippen LogP contribution is -2.08. The van der Waals surface area contributed by atoms with E-state index in [4.69, 9.17) is 10.5 Å². The molecule has 1 rings (SSSR count). The van der Waals surface area contributed by atoms with Gasteiger partial charge in [-0.1, -0.05) is 0 Å². The van der Waals surface area contributed by atoms with E-state index < -0.39 is 17.6 Å². The number of hydrogen-bond acceptors (Lipinski definition) is 3. The van der Waals surface area contributed by atoms with Crippen molar-refractivity contribution in [3.63, 3.8) is 0 Å². The average molecular weight is 255 g/mol. The first-order valence-electron chi connectivity index (χ1n) is 4.52. The van der Waals surface area contributed by atoms with Crippen LogP contribution in [0.3, 0.4) is 0 Å². The fraction of sp³-hybridized carbons (Fsp3) is 0.0909. The van der Waals surface area contributed by atoms with Crippen molar-refractivity contribution in [3.8, 4) is 12.1 Å². The first kappa shape index (κ1) is 13.5. The van der Waals surface area contributed by atoms with Crippen molar-refractivity contribution in [2.45, 2.75) is 6.18 Å². The van der Waals surface area contributed by atoms with Gasteiger partial charge in [0.2, 0.25) is 0 Å². The van der Waals surface area contributed by atoms with E-state index in [0.29, 0.717) is 12.1 Å². The molecule has 3 nitrogen and oxygen atoms in total. The number of halogens is 4. The van der Waals surface area contributed by atoms with Gasteiger partial charge in [0.05, 0.1) is 5.56 Å². The number of hydrogen-bond donors (Lipinski definition) is 1. The molecule has 1 aromatic rings. The number of alkyl halides is 3. The molecule has 0 saturated heterocycles. The van der Waals surface area contributed by atoms with E-state index in [0.717, 1.165) is 12.3 Å². The van der Waals surface area contributed by atoms with Crippen molar-refractivity contribution in [1.29, 1.82) is 10.5 Å². The first-order chi connectivity index (χ1) is 8.38. The summed E-state index contributed by atoms with van der Waals surface area (Å²) in [5, 5.41) is 19.1. The molecule has 0 spiro atoms. The van der Waals surface area contributed by atoms with Gasteiger partial charge in [0.1, 0.15) is 23.5 Å². The molecule has 0 unspecified atom stereocenters. The van der Waals surface area contributed by atoms with Crippen LogP contribution in [0.1, 0.15) is 5.56 Å². The Hall–Kier alpha value is -2.54. The summed E-state index contributed by atoms with van der Waals surface area (Å²) in [4.78, 5) is 0. The Balaban J connectivity index is 3.05. The maximum Gasteiger partial charge on any atom is 0.419 e. The van der Waals surface area contributed by atoms with Gasteiger partial charge >= 0.3 is 6.18 Å². The van der Waals surface area contributed by atoms with Crippen LogP contribution in [0.25, 0.3) is 0 Å². The minimum absolute atomic E-state index is 0.0771. The molecule has 0 aliphatic heterocycles. The van der Waals surface area contributed by atoms with Gasteiger partial charge in [-0.25, -0.2) is 4.39 Å². The van der Waals surface area contributed by atoms with Crippen molar-refractivity contribution < 1.29 is 17.6 Å². The number of nitrogens with zero attached hydrogens (tertiary/aromatic N) is 2. The van der Waals surface area contributed by atoms with Crippen LogP contribution in [-0.4, -0.2) is 0 Å². The molecule has 0 saturated carbocycles. The molecular weight excluding hydrogens is 250 g/mol. The highest BCUT2D eigenvalue weighted by Gasteiger charge is 2.34. The van der Waals surface area contributed by atoms with E-state index in [1.54, 1.807) is 0 Å². The average Bonchev–Trinajstić information content (AvgIpc) is 2.31. The second-order valence-corrected chi connectivity index (χ2v) is 3.12. The molecule has 18 heavy (non-hydrogen) atoms. The van der Waals surface area contributed by atoms with E-state index >= 15 is 0 Å². The first-order valence-corrected chi connectivity index (χ1v) is 4.52. The van der Waals surface area contributed by atoms with Crippen molar-refractivity contribution in [1.82, 2.24) is 0 Å². The summed E-state index contributed by atoms with van der Waals surface area (Å²) < 4.78 is 50.0. The predicted molar refractivity (Wildman–Crippen MR) is 54.3 cm³/mol. The smallest absolute Gasteiger partial charge is 0.360 e. The normalized spacial score (nSPS) is 10.1. The highest BCUT2D eigenvalue weighted by atomic mass is 19.4. The Labute approximate surface area is 99.6 Å². The molecule has 0 atom stereocenters. The fourth-order valence-corrected chi connectivity index (χ4v) is 1.08. The van der Waals surface area contributed by atoms with Crippen LogP contribution in [0.15, 0.2) is 30.0 Å². The molecule has 0 aromatic heterocycles. The maximum absolute atomic E-state index is 12.9. The Morgan fingerprint density at radius 2 is 1.83 bits per heavy atom. The van der Waals surface area contributed by atoms with E-state index in [9.17, 15) is 17.6 Å². The van der Waals surface area contributed by atoms with Crippen LogP contribution in [0.2, 0.25) is 0 Å². The molecule has 1 N–H and O–H groups in total. The summed E-state index contributed by atoms with van der Waals surface area (Å²) in [5.74, 6) is -1.39.